The predicted molar refractivity (Wildman–Crippen MR) is 115 cm³/mol. The molecule has 0 atom stereocenters. The zero-order valence-corrected chi connectivity index (χ0v) is 18.8. The molecule has 0 saturated carbocycles. The molecule has 1 aromatic carbocycles. The zero-order valence-electron chi connectivity index (χ0n) is 17.3. The van der Waals surface area contributed by atoms with Crippen LogP contribution in [-0.4, -0.2) is 48.3 Å². The lowest BCUT2D eigenvalue weighted by Crippen LogP contribution is -2.53. The molecule has 0 bridgehead atoms. The van der Waals surface area contributed by atoms with E-state index in [2.05, 4.69) is 10.3 Å². The maximum atomic E-state index is 12.9. The van der Waals surface area contributed by atoms with Gasteiger partial charge in [-0.1, -0.05) is 11.6 Å². The van der Waals surface area contributed by atoms with Crippen molar-refractivity contribution in [3.8, 4) is 5.75 Å². The Labute approximate surface area is 182 Å². The van der Waals surface area contributed by atoms with Crippen molar-refractivity contribution in [1.82, 2.24) is 14.6 Å². The number of carbonyl (C=O) groups is 1. The second-order valence-corrected chi connectivity index (χ2v) is 10.1. The van der Waals surface area contributed by atoms with Gasteiger partial charge >= 0.3 is 0 Å². The van der Waals surface area contributed by atoms with Gasteiger partial charge in [0.1, 0.15) is 10.6 Å². The number of pyridine rings is 1. The minimum Gasteiger partial charge on any atom is -0.478 e. The first kappa shape index (κ1) is 22.5. The molecule has 1 aliphatic heterocycles. The third kappa shape index (κ3) is 5.11. The van der Waals surface area contributed by atoms with Crippen molar-refractivity contribution in [3.63, 3.8) is 0 Å². The number of aryl methyl sites for hydroxylation is 1. The monoisotopic (exact) mass is 451 g/mol. The van der Waals surface area contributed by atoms with E-state index in [1.54, 1.807) is 63.4 Å². The molecule has 2 heterocycles. The standard InChI is InChI=1S/C21H26ClN3O4S/c1-15-19(5-4-12-23-15)30(27,28)25-13-10-17(11-14-25)24-20(26)21(2,3)29-18-8-6-16(22)7-9-18/h4-9,12,17H,10-11,13-14H2,1-3H3,(H,24,26). The van der Waals surface area contributed by atoms with E-state index in [0.29, 0.717) is 42.4 Å². The van der Waals surface area contributed by atoms with Crippen molar-refractivity contribution in [3.05, 3.63) is 53.3 Å². The number of rotatable bonds is 6. The minimum absolute atomic E-state index is 0.118. The number of nitrogens with one attached hydrogen (secondary N) is 1. The van der Waals surface area contributed by atoms with Crippen molar-refractivity contribution in [2.45, 2.75) is 50.2 Å². The molecule has 30 heavy (non-hydrogen) atoms. The SMILES string of the molecule is Cc1ncccc1S(=O)(=O)N1CCC(NC(=O)C(C)(C)Oc2ccc(Cl)cc2)CC1. The van der Waals surface area contributed by atoms with E-state index >= 15 is 0 Å². The molecule has 1 aromatic heterocycles. The van der Waals surface area contributed by atoms with Crippen molar-refractivity contribution in [1.29, 1.82) is 0 Å². The number of halogens is 1. The highest BCUT2D eigenvalue weighted by atomic mass is 35.5. The quantitative estimate of drug-likeness (QED) is 0.728. The van der Waals surface area contributed by atoms with Crippen LogP contribution in [0.3, 0.4) is 0 Å². The largest absolute Gasteiger partial charge is 0.478 e. The van der Waals surface area contributed by atoms with E-state index in [4.69, 9.17) is 16.3 Å². The molecular weight excluding hydrogens is 426 g/mol. The Hall–Kier alpha value is -2.16. The summed E-state index contributed by atoms with van der Waals surface area (Å²) in [6.07, 6.45) is 2.63. The molecule has 9 heteroatoms. The van der Waals surface area contributed by atoms with Gasteiger partial charge in [0.15, 0.2) is 5.60 Å². The molecule has 0 aliphatic carbocycles. The first-order valence-corrected chi connectivity index (χ1v) is 11.6. The highest BCUT2D eigenvalue weighted by Crippen LogP contribution is 2.24. The van der Waals surface area contributed by atoms with E-state index in [1.807, 2.05) is 0 Å². The van der Waals surface area contributed by atoms with Gasteiger partial charge < -0.3 is 10.1 Å². The molecule has 7 nitrogen and oxygen atoms in total. The van der Waals surface area contributed by atoms with Crippen LogP contribution in [0.2, 0.25) is 5.02 Å². The van der Waals surface area contributed by atoms with Crippen LogP contribution >= 0.6 is 11.6 Å². The van der Waals surface area contributed by atoms with Crippen LogP contribution in [0.1, 0.15) is 32.4 Å². The summed E-state index contributed by atoms with van der Waals surface area (Å²) < 4.78 is 33.1. The molecule has 162 valence electrons. The van der Waals surface area contributed by atoms with Crippen LogP contribution in [0.15, 0.2) is 47.5 Å². The summed E-state index contributed by atoms with van der Waals surface area (Å²) in [7, 11) is -3.59. The first-order valence-electron chi connectivity index (χ1n) is 9.77. The molecule has 1 saturated heterocycles. The summed E-state index contributed by atoms with van der Waals surface area (Å²) >= 11 is 5.88. The van der Waals surface area contributed by atoms with Crippen molar-refractivity contribution in [2.24, 2.45) is 0 Å². The molecule has 1 fully saturated rings. The van der Waals surface area contributed by atoms with Gasteiger partial charge in [0.25, 0.3) is 5.91 Å². The number of aromatic nitrogens is 1. The fourth-order valence-electron chi connectivity index (χ4n) is 3.32. The van der Waals surface area contributed by atoms with Gasteiger partial charge in [-0.25, -0.2) is 8.42 Å². The number of ether oxygens (including phenoxy) is 1. The fraction of sp³-hybridized carbons (Fsp3) is 0.429. The Bertz CT molecular complexity index is 1000. The van der Waals surface area contributed by atoms with Crippen LogP contribution in [0, 0.1) is 6.92 Å². The lowest BCUT2D eigenvalue weighted by molar-refractivity contribution is -0.135. The highest BCUT2D eigenvalue weighted by molar-refractivity contribution is 7.89. The second-order valence-electron chi connectivity index (χ2n) is 7.81. The number of hydrogen-bond donors (Lipinski definition) is 1. The van der Waals surface area contributed by atoms with Crippen LogP contribution in [0.25, 0.3) is 0 Å². The molecular formula is C21H26ClN3O4S. The maximum Gasteiger partial charge on any atom is 0.263 e. The van der Waals surface area contributed by atoms with Gasteiger partial charge in [0.05, 0.1) is 5.69 Å². The smallest absolute Gasteiger partial charge is 0.263 e. The van der Waals surface area contributed by atoms with Crippen LogP contribution in [-0.2, 0) is 14.8 Å². The summed E-state index contributed by atoms with van der Waals surface area (Å²) in [6.45, 7) is 5.74. The third-order valence-corrected chi connectivity index (χ3v) is 7.38. The third-order valence-electron chi connectivity index (χ3n) is 5.10. The van der Waals surface area contributed by atoms with E-state index < -0.39 is 15.6 Å². The van der Waals surface area contributed by atoms with Crippen molar-refractivity contribution >= 4 is 27.5 Å². The van der Waals surface area contributed by atoms with Gasteiger partial charge in [0.2, 0.25) is 10.0 Å². The number of piperidine rings is 1. The fourth-order valence-corrected chi connectivity index (χ4v) is 5.10. The number of sulfonamides is 1. The average Bonchev–Trinajstić information content (AvgIpc) is 2.70. The van der Waals surface area contributed by atoms with Gasteiger partial charge in [-0.2, -0.15) is 4.31 Å². The summed E-state index contributed by atoms with van der Waals surface area (Å²) in [5, 5.41) is 3.58. The molecule has 0 spiro atoms. The molecule has 1 amide bonds. The number of amides is 1. The van der Waals surface area contributed by atoms with Gasteiger partial charge in [-0.05, 0) is 70.0 Å². The molecule has 0 radical (unpaired) electrons. The maximum absolute atomic E-state index is 12.9. The predicted octanol–water partition coefficient (Wildman–Crippen LogP) is 3.17. The molecule has 2 aromatic rings. The van der Waals surface area contributed by atoms with Gasteiger partial charge in [-0.15, -0.1) is 0 Å². The molecule has 3 rings (SSSR count). The van der Waals surface area contributed by atoms with Crippen LogP contribution in [0.5, 0.6) is 5.75 Å². The van der Waals surface area contributed by atoms with E-state index in [0.717, 1.165) is 0 Å². The van der Waals surface area contributed by atoms with Gasteiger partial charge in [-0.3, -0.25) is 9.78 Å². The molecule has 0 unspecified atom stereocenters. The van der Waals surface area contributed by atoms with E-state index in [1.165, 1.54) is 4.31 Å². The zero-order chi connectivity index (χ0) is 21.9. The van der Waals surface area contributed by atoms with E-state index in [-0.39, 0.29) is 16.8 Å². The number of carbonyl (C=O) groups excluding carboxylic acids is 1. The lowest BCUT2D eigenvalue weighted by atomic mass is 10.0. The number of hydrogen-bond acceptors (Lipinski definition) is 5. The van der Waals surface area contributed by atoms with E-state index in [9.17, 15) is 13.2 Å². The van der Waals surface area contributed by atoms with Gasteiger partial charge in [0, 0.05) is 30.4 Å². The second kappa shape index (κ2) is 8.91. The Morgan fingerprint density at radius 3 is 2.43 bits per heavy atom. The Morgan fingerprint density at radius 1 is 1.20 bits per heavy atom. The van der Waals surface area contributed by atoms with Crippen molar-refractivity contribution < 1.29 is 17.9 Å². The summed E-state index contributed by atoms with van der Waals surface area (Å²) in [5.41, 5.74) is -0.599. The summed E-state index contributed by atoms with van der Waals surface area (Å²) in [6, 6.07) is 9.89. The first-order chi connectivity index (χ1) is 14.1. The Balaban J connectivity index is 1.58. The normalized spacial score (nSPS) is 16.3. The Kier molecular flexibility index (Phi) is 6.69. The minimum atomic E-state index is -3.59. The lowest BCUT2D eigenvalue weighted by Gasteiger charge is -2.34. The molecule has 1 aliphatic rings. The topological polar surface area (TPSA) is 88.6 Å². The average molecular weight is 452 g/mol. The Morgan fingerprint density at radius 2 is 1.83 bits per heavy atom. The highest BCUT2D eigenvalue weighted by Gasteiger charge is 2.35. The van der Waals surface area contributed by atoms with Crippen molar-refractivity contribution in [2.75, 3.05) is 13.1 Å². The summed E-state index contributed by atoms with van der Waals surface area (Å²) in [5.74, 6) is 0.300. The number of benzene rings is 1. The van der Waals surface area contributed by atoms with Crippen LogP contribution < -0.4 is 10.1 Å². The van der Waals surface area contributed by atoms with Crippen LogP contribution in [0.4, 0.5) is 0 Å². The molecule has 1 N–H and O–H groups in total. The summed E-state index contributed by atoms with van der Waals surface area (Å²) in [4.78, 5) is 17.1. The number of nitrogens with zero attached hydrogens (tertiary/aromatic N) is 2.